The smallest absolute Gasteiger partial charge is 0.307 e. The van der Waals surface area contributed by atoms with Crippen LogP contribution in [0.1, 0.15) is 18.1 Å². The predicted molar refractivity (Wildman–Crippen MR) is 55.0 cm³/mol. The van der Waals surface area contributed by atoms with Crippen molar-refractivity contribution >= 4 is 11.7 Å². The van der Waals surface area contributed by atoms with E-state index in [1.807, 2.05) is 19.1 Å². The second kappa shape index (κ2) is 4.62. The van der Waals surface area contributed by atoms with Crippen LogP contribution in [0.25, 0.3) is 0 Å². The first kappa shape index (κ1) is 10.5. The van der Waals surface area contributed by atoms with Gasteiger partial charge in [-0.25, -0.2) is 0 Å². The van der Waals surface area contributed by atoms with Crippen LogP contribution in [0.15, 0.2) is 18.2 Å². The van der Waals surface area contributed by atoms with E-state index in [-0.39, 0.29) is 6.42 Å². The van der Waals surface area contributed by atoms with Gasteiger partial charge in [0, 0.05) is 0 Å². The molecule has 0 unspecified atom stereocenters. The molecule has 0 bridgehead atoms. The van der Waals surface area contributed by atoms with Gasteiger partial charge < -0.3 is 10.5 Å². The number of rotatable bonds is 4. The molecule has 0 spiro atoms. The Kier molecular flexibility index (Phi) is 3.48. The number of aryl methyl sites for hydroxylation is 1. The van der Waals surface area contributed by atoms with Crippen molar-refractivity contribution in [2.24, 2.45) is 5.84 Å². The largest absolute Gasteiger partial charge is 0.481 e. The molecule has 1 aromatic carbocycles. The van der Waals surface area contributed by atoms with Gasteiger partial charge in [-0.05, 0) is 23.6 Å². The molecular formula is C10H14N2O2. The molecule has 14 heavy (non-hydrogen) atoms. The Morgan fingerprint density at radius 2 is 2.29 bits per heavy atom. The van der Waals surface area contributed by atoms with E-state index in [9.17, 15) is 4.79 Å². The van der Waals surface area contributed by atoms with E-state index in [4.69, 9.17) is 10.9 Å². The van der Waals surface area contributed by atoms with Crippen molar-refractivity contribution in [1.29, 1.82) is 0 Å². The van der Waals surface area contributed by atoms with Gasteiger partial charge in [-0.2, -0.15) is 0 Å². The maximum Gasteiger partial charge on any atom is 0.307 e. The van der Waals surface area contributed by atoms with Gasteiger partial charge in [0.05, 0.1) is 12.1 Å². The molecule has 0 atom stereocenters. The molecule has 4 N–H and O–H groups in total. The normalized spacial score (nSPS) is 9.86. The molecule has 0 saturated carbocycles. The van der Waals surface area contributed by atoms with Gasteiger partial charge in [0.25, 0.3) is 0 Å². The average molecular weight is 194 g/mol. The first-order valence-corrected chi connectivity index (χ1v) is 4.48. The molecule has 1 aromatic rings. The van der Waals surface area contributed by atoms with Crippen molar-refractivity contribution in [3.8, 4) is 0 Å². The molecule has 4 heteroatoms. The Bertz CT molecular complexity index is 315. The summed E-state index contributed by atoms with van der Waals surface area (Å²) in [6, 6.07) is 5.55. The molecule has 0 saturated heterocycles. The lowest BCUT2D eigenvalue weighted by Crippen LogP contribution is -2.13. The first-order chi connectivity index (χ1) is 6.69. The van der Waals surface area contributed by atoms with Crippen LogP contribution in [-0.4, -0.2) is 11.1 Å². The minimum absolute atomic E-state index is 0.00352. The monoisotopic (exact) mass is 194 g/mol. The van der Waals surface area contributed by atoms with Gasteiger partial charge in [-0.1, -0.05) is 19.1 Å². The van der Waals surface area contributed by atoms with E-state index < -0.39 is 5.97 Å². The lowest BCUT2D eigenvalue weighted by Gasteiger charge is -2.11. The van der Waals surface area contributed by atoms with Gasteiger partial charge in [0.15, 0.2) is 0 Å². The number of hydrogen-bond acceptors (Lipinski definition) is 3. The Morgan fingerprint density at radius 1 is 1.57 bits per heavy atom. The van der Waals surface area contributed by atoms with Crippen LogP contribution in [0.2, 0.25) is 0 Å². The molecule has 0 heterocycles. The number of nitrogens with two attached hydrogens (primary N) is 1. The molecule has 0 radical (unpaired) electrons. The van der Waals surface area contributed by atoms with E-state index in [1.54, 1.807) is 6.07 Å². The zero-order valence-corrected chi connectivity index (χ0v) is 8.08. The number of aliphatic carboxylic acids is 1. The molecule has 0 fully saturated rings. The third-order valence-corrected chi connectivity index (χ3v) is 2.14. The topological polar surface area (TPSA) is 75.3 Å². The zero-order valence-electron chi connectivity index (χ0n) is 8.08. The third-order valence-electron chi connectivity index (χ3n) is 2.14. The number of carbonyl (C=O) groups is 1. The van der Waals surface area contributed by atoms with Gasteiger partial charge >= 0.3 is 5.97 Å². The molecule has 0 aliphatic heterocycles. The standard InChI is InChI=1S/C10H14N2O2/c1-2-7-4-3-5-9(12-11)8(7)6-10(13)14/h3-5,12H,2,6,11H2,1H3,(H,13,14). The Morgan fingerprint density at radius 3 is 2.79 bits per heavy atom. The number of hydrazine groups is 1. The van der Waals surface area contributed by atoms with Gasteiger partial charge in [0.2, 0.25) is 0 Å². The Balaban J connectivity index is 3.12. The van der Waals surface area contributed by atoms with E-state index >= 15 is 0 Å². The molecule has 0 amide bonds. The first-order valence-electron chi connectivity index (χ1n) is 4.48. The van der Waals surface area contributed by atoms with Crippen LogP contribution in [0, 0.1) is 0 Å². The summed E-state index contributed by atoms with van der Waals surface area (Å²) >= 11 is 0. The number of nitrogens with one attached hydrogen (secondary N) is 1. The molecule has 0 aliphatic rings. The van der Waals surface area contributed by atoms with E-state index in [0.717, 1.165) is 17.5 Å². The second-order valence-corrected chi connectivity index (χ2v) is 3.01. The highest BCUT2D eigenvalue weighted by molar-refractivity contribution is 5.74. The summed E-state index contributed by atoms with van der Waals surface area (Å²) in [7, 11) is 0. The number of benzene rings is 1. The molecule has 0 aromatic heterocycles. The van der Waals surface area contributed by atoms with Gasteiger partial charge in [-0.3, -0.25) is 10.6 Å². The summed E-state index contributed by atoms with van der Waals surface area (Å²) in [5.74, 6) is 4.46. The fourth-order valence-corrected chi connectivity index (χ4v) is 1.46. The van der Waals surface area contributed by atoms with Crippen molar-refractivity contribution in [2.45, 2.75) is 19.8 Å². The molecule has 1 rings (SSSR count). The Hall–Kier alpha value is -1.55. The van der Waals surface area contributed by atoms with Crippen molar-refractivity contribution in [3.63, 3.8) is 0 Å². The number of anilines is 1. The van der Waals surface area contributed by atoms with E-state index in [1.165, 1.54) is 0 Å². The summed E-state index contributed by atoms with van der Waals surface area (Å²) < 4.78 is 0. The third kappa shape index (κ3) is 2.23. The highest BCUT2D eigenvalue weighted by atomic mass is 16.4. The second-order valence-electron chi connectivity index (χ2n) is 3.01. The van der Waals surface area contributed by atoms with Crippen LogP contribution in [0.4, 0.5) is 5.69 Å². The van der Waals surface area contributed by atoms with Crippen LogP contribution in [0.3, 0.4) is 0 Å². The van der Waals surface area contributed by atoms with Gasteiger partial charge in [0.1, 0.15) is 0 Å². The van der Waals surface area contributed by atoms with Crippen LogP contribution in [-0.2, 0) is 17.6 Å². The van der Waals surface area contributed by atoms with Gasteiger partial charge in [-0.15, -0.1) is 0 Å². The minimum atomic E-state index is -0.845. The van der Waals surface area contributed by atoms with Crippen LogP contribution < -0.4 is 11.3 Å². The summed E-state index contributed by atoms with van der Waals surface area (Å²) in [6.45, 7) is 1.99. The number of carboxylic acids is 1. The fraction of sp³-hybridized carbons (Fsp3) is 0.300. The lowest BCUT2D eigenvalue weighted by atomic mass is 10.0. The van der Waals surface area contributed by atoms with Crippen molar-refractivity contribution in [2.75, 3.05) is 5.43 Å². The summed E-state index contributed by atoms with van der Waals surface area (Å²) in [4.78, 5) is 10.6. The number of nitrogen functional groups attached to an aromatic ring is 1. The van der Waals surface area contributed by atoms with Crippen LogP contribution in [0.5, 0.6) is 0 Å². The van der Waals surface area contributed by atoms with Crippen molar-refractivity contribution in [1.82, 2.24) is 0 Å². The SMILES string of the molecule is CCc1cccc(NN)c1CC(=O)O. The number of carboxylic acid groups (broad SMARTS) is 1. The highest BCUT2D eigenvalue weighted by Gasteiger charge is 2.09. The van der Waals surface area contributed by atoms with Crippen molar-refractivity contribution < 1.29 is 9.90 Å². The molecule has 4 nitrogen and oxygen atoms in total. The Labute approximate surface area is 82.7 Å². The van der Waals surface area contributed by atoms with Crippen LogP contribution >= 0.6 is 0 Å². The summed E-state index contributed by atoms with van der Waals surface area (Å²) in [6.07, 6.45) is 0.807. The molecule has 0 aliphatic carbocycles. The zero-order chi connectivity index (χ0) is 10.6. The van der Waals surface area contributed by atoms with E-state index in [0.29, 0.717) is 5.69 Å². The molecule has 76 valence electrons. The lowest BCUT2D eigenvalue weighted by molar-refractivity contribution is -0.136. The fourth-order valence-electron chi connectivity index (χ4n) is 1.46. The molecular weight excluding hydrogens is 180 g/mol. The summed E-state index contributed by atoms with van der Waals surface area (Å²) in [5.41, 5.74) is 4.98. The highest BCUT2D eigenvalue weighted by Crippen LogP contribution is 2.20. The maximum absolute atomic E-state index is 10.6. The maximum atomic E-state index is 10.6. The predicted octanol–water partition coefficient (Wildman–Crippen LogP) is 1.16. The summed E-state index contributed by atoms with van der Waals surface area (Å²) in [5, 5.41) is 8.74. The average Bonchev–Trinajstić information content (AvgIpc) is 2.17. The van der Waals surface area contributed by atoms with E-state index in [2.05, 4.69) is 5.43 Å². The number of hydrogen-bond donors (Lipinski definition) is 3. The quantitative estimate of drug-likeness (QED) is 0.496. The van der Waals surface area contributed by atoms with Crippen molar-refractivity contribution in [3.05, 3.63) is 29.3 Å². The minimum Gasteiger partial charge on any atom is -0.481 e.